The Labute approximate surface area is 172 Å². The van der Waals surface area contributed by atoms with Gasteiger partial charge in [0.2, 0.25) is 0 Å². The van der Waals surface area contributed by atoms with E-state index in [1.165, 1.54) is 24.8 Å². The normalized spacial score (nSPS) is 10.8. The molecule has 0 fully saturated rings. The van der Waals surface area contributed by atoms with E-state index in [1.807, 2.05) is 36.4 Å². The first-order valence-electron chi connectivity index (χ1n) is 9.10. The van der Waals surface area contributed by atoms with Gasteiger partial charge in [0.15, 0.2) is 0 Å². The van der Waals surface area contributed by atoms with Gasteiger partial charge in [0.1, 0.15) is 11.4 Å². The second kappa shape index (κ2) is 8.74. The molecule has 0 atom stereocenters. The Balaban J connectivity index is 1.40. The fraction of sp³-hybridized carbons (Fsp3) is 0. The number of hydrogen-bond acceptors (Lipinski definition) is 6. The zero-order chi connectivity index (χ0) is 20.8. The molecule has 1 aromatic heterocycles. The third kappa shape index (κ3) is 4.36. The number of nitrogens with zero attached hydrogens (tertiary/aromatic N) is 3. The van der Waals surface area contributed by atoms with Crippen molar-refractivity contribution in [3.8, 4) is 5.75 Å². The van der Waals surface area contributed by atoms with Crippen LogP contribution in [0.4, 0.5) is 0 Å². The summed E-state index contributed by atoms with van der Waals surface area (Å²) in [6.45, 7) is 0. The third-order valence-corrected chi connectivity index (χ3v) is 4.28. The summed E-state index contributed by atoms with van der Waals surface area (Å²) >= 11 is 0. The van der Waals surface area contributed by atoms with Crippen molar-refractivity contribution < 1.29 is 14.3 Å². The summed E-state index contributed by atoms with van der Waals surface area (Å²) in [6.07, 6.45) is 5.74. The van der Waals surface area contributed by atoms with Crippen molar-refractivity contribution in [1.29, 1.82) is 0 Å². The summed E-state index contributed by atoms with van der Waals surface area (Å²) in [4.78, 5) is 32.2. The van der Waals surface area contributed by atoms with Gasteiger partial charge in [0.05, 0.1) is 18.0 Å². The fourth-order valence-electron chi connectivity index (χ4n) is 2.83. The van der Waals surface area contributed by atoms with Crippen LogP contribution < -0.4 is 10.2 Å². The van der Waals surface area contributed by atoms with Crippen LogP contribution in [0, 0.1) is 0 Å². The number of hydrogen-bond donors (Lipinski definition) is 1. The van der Waals surface area contributed by atoms with E-state index >= 15 is 0 Å². The molecule has 0 bridgehead atoms. The molecule has 7 nitrogen and oxygen atoms in total. The van der Waals surface area contributed by atoms with Crippen LogP contribution in [0.1, 0.15) is 26.4 Å². The number of benzene rings is 3. The number of hydrazone groups is 1. The van der Waals surface area contributed by atoms with Crippen molar-refractivity contribution in [2.24, 2.45) is 5.10 Å². The molecule has 1 amide bonds. The number of rotatable bonds is 5. The van der Waals surface area contributed by atoms with E-state index < -0.39 is 11.9 Å². The van der Waals surface area contributed by atoms with Crippen LogP contribution in [-0.2, 0) is 0 Å². The summed E-state index contributed by atoms with van der Waals surface area (Å²) in [7, 11) is 0. The van der Waals surface area contributed by atoms with Crippen LogP contribution >= 0.6 is 0 Å². The van der Waals surface area contributed by atoms with Crippen molar-refractivity contribution in [2.45, 2.75) is 0 Å². The van der Waals surface area contributed by atoms with E-state index in [4.69, 9.17) is 4.74 Å². The molecule has 4 aromatic rings. The highest BCUT2D eigenvalue weighted by molar-refractivity contribution is 6.05. The van der Waals surface area contributed by atoms with Crippen LogP contribution in [0.3, 0.4) is 0 Å². The van der Waals surface area contributed by atoms with Gasteiger partial charge >= 0.3 is 5.97 Å². The topological polar surface area (TPSA) is 93.5 Å². The molecule has 30 heavy (non-hydrogen) atoms. The maximum Gasteiger partial charge on any atom is 0.344 e. The smallest absolute Gasteiger partial charge is 0.344 e. The molecule has 0 aliphatic rings. The molecular weight excluding hydrogens is 380 g/mol. The monoisotopic (exact) mass is 396 g/mol. The van der Waals surface area contributed by atoms with Gasteiger partial charge in [-0.25, -0.2) is 15.2 Å². The number of amides is 1. The maximum absolute atomic E-state index is 12.6. The number of fused-ring (bicyclic) bond motifs is 1. The molecule has 0 saturated carbocycles. The summed E-state index contributed by atoms with van der Waals surface area (Å²) in [6, 6.07) is 19.9. The van der Waals surface area contributed by atoms with Gasteiger partial charge in [0, 0.05) is 12.4 Å². The van der Waals surface area contributed by atoms with E-state index in [-0.39, 0.29) is 5.69 Å². The van der Waals surface area contributed by atoms with Gasteiger partial charge < -0.3 is 4.74 Å². The molecule has 0 radical (unpaired) electrons. The molecule has 7 heteroatoms. The van der Waals surface area contributed by atoms with Crippen LogP contribution in [0.2, 0.25) is 0 Å². The largest absolute Gasteiger partial charge is 0.423 e. The Hall–Kier alpha value is -4.39. The van der Waals surface area contributed by atoms with Crippen LogP contribution in [0.25, 0.3) is 10.8 Å². The van der Waals surface area contributed by atoms with Crippen molar-refractivity contribution in [3.63, 3.8) is 0 Å². The molecule has 1 N–H and O–H groups in total. The highest BCUT2D eigenvalue weighted by Gasteiger charge is 2.12. The van der Waals surface area contributed by atoms with Crippen LogP contribution in [-0.4, -0.2) is 28.1 Å². The Morgan fingerprint density at radius 3 is 2.53 bits per heavy atom. The van der Waals surface area contributed by atoms with Gasteiger partial charge in [-0.3, -0.25) is 9.78 Å². The minimum Gasteiger partial charge on any atom is -0.423 e. The molecule has 0 unspecified atom stereocenters. The molecular formula is C23H16N4O3. The lowest BCUT2D eigenvalue weighted by Gasteiger charge is -2.07. The summed E-state index contributed by atoms with van der Waals surface area (Å²) < 4.78 is 5.50. The van der Waals surface area contributed by atoms with E-state index in [0.29, 0.717) is 11.3 Å². The van der Waals surface area contributed by atoms with Crippen LogP contribution in [0.15, 0.2) is 90.4 Å². The minimum absolute atomic E-state index is 0.172. The third-order valence-electron chi connectivity index (χ3n) is 4.28. The summed E-state index contributed by atoms with van der Waals surface area (Å²) in [5.74, 6) is -0.474. The van der Waals surface area contributed by atoms with Crippen LogP contribution in [0.5, 0.6) is 5.75 Å². The van der Waals surface area contributed by atoms with Crippen molar-refractivity contribution in [2.75, 3.05) is 0 Å². The zero-order valence-corrected chi connectivity index (χ0v) is 15.7. The van der Waals surface area contributed by atoms with E-state index in [0.717, 1.165) is 16.3 Å². The highest BCUT2D eigenvalue weighted by atomic mass is 16.5. The molecule has 0 aliphatic heterocycles. The van der Waals surface area contributed by atoms with Gasteiger partial charge in [-0.1, -0.05) is 36.4 Å². The minimum atomic E-state index is -0.458. The number of esters is 1. The Morgan fingerprint density at radius 1 is 0.933 bits per heavy atom. The van der Waals surface area contributed by atoms with Gasteiger partial charge in [0.25, 0.3) is 5.91 Å². The Morgan fingerprint density at radius 2 is 1.73 bits per heavy atom. The molecule has 0 saturated heterocycles. The second-order valence-electron chi connectivity index (χ2n) is 6.28. The molecule has 0 spiro atoms. The number of carbonyl (C=O) groups is 2. The fourth-order valence-corrected chi connectivity index (χ4v) is 2.83. The molecule has 1 heterocycles. The maximum atomic E-state index is 12.6. The lowest BCUT2D eigenvalue weighted by molar-refractivity contribution is 0.0736. The first kappa shape index (κ1) is 18.9. The number of ether oxygens (including phenoxy) is 1. The number of nitrogens with one attached hydrogen (secondary N) is 1. The lowest BCUT2D eigenvalue weighted by atomic mass is 10.0. The highest BCUT2D eigenvalue weighted by Crippen LogP contribution is 2.21. The van der Waals surface area contributed by atoms with E-state index in [2.05, 4.69) is 20.5 Å². The molecule has 146 valence electrons. The number of aromatic nitrogens is 2. The molecule has 4 rings (SSSR count). The first-order chi connectivity index (χ1) is 14.7. The van der Waals surface area contributed by atoms with Gasteiger partial charge in [-0.15, -0.1) is 0 Å². The average molecular weight is 396 g/mol. The van der Waals surface area contributed by atoms with Gasteiger partial charge in [-0.2, -0.15) is 5.10 Å². The molecule has 3 aromatic carbocycles. The van der Waals surface area contributed by atoms with Gasteiger partial charge in [-0.05, 0) is 46.7 Å². The Bertz CT molecular complexity index is 1220. The lowest BCUT2D eigenvalue weighted by Crippen LogP contribution is -2.19. The van der Waals surface area contributed by atoms with Crippen molar-refractivity contribution in [1.82, 2.24) is 15.4 Å². The summed E-state index contributed by atoms with van der Waals surface area (Å²) in [5.41, 5.74) is 3.77. The second-order valence-corrected chi connectivity index (χ2v) is 6.28. The first-order valence-corrected chi connectivity index (χ1v) is 9.10. The average Bonchev–Trinajstić information content (AvgIpc) is 2.80. The predicted molar refractivity (Wildman–Crippen MR) is 112 cm³/mol. The predicted octanol–water partition coefficient (Wildman–Crippen LogP) is 3.61. The zero-order valence-electron chi connectivity index (χ0n) is 15.7. The quantitative estimate of drug-likeness (QED) is 0.241. The van der Waals surface area contributed by atoms with E-state index in [1.54, 1.807) is 30.3 Å². The SMILES string of the molecule is O=C(N/N=C\c1ccc(OC(=O)c2cccc3ccccc23)cc1)c1cnccn1. The molecule has 0 aliphatic carbocycles. The van der Waals surface area contributed by atoms with Crippen molar-refractivity contribution in [3.05, 3.63) is 102 Å². The summed E-state index contributed by atoms with van der Waals surface area (Å²) in [5, 5.41) is 5.70. The Kier molecular flexibility index (Phi) is 5.52. The standard InChI is InChI=1S/C23H16N4O3/c28-22(21-15-24-12-13-25-21)27-26-14-16-8-10-18(11-9-16)30-23(29)20-7-3-5-17-4-1-2-6-19(17)20/h1-15H,(H,27,28)/b26-14-. The van der Waals surface area contributed by atoms with Crippen molar-refractivity contribution >= 4 is 28.9 Å². The number of carbonyl (C=O) groups excluding carboxylic acids is 2. The van der Waals surface area contributed by atoms with E-state index in [9.17, 15) is 9.59 Å².